The number of anilines is 1. The third-order valence-corrected chi connectivity index (χ3v) is 4.65. The van der Waals surface area contributed by atoms with Gasteiger partial charge in [-0.1, -0.05) is 30.9 Å². The molecule has 1 amide bonds. The van der Waals surface area contributed by atoms with Crippen LogP contribution in [0.15, 0.2) is 12.1 Å². The van der Waals surface area contributed by atoms with Gasteiger partial charge in [-0.3, -0.25) is 4.79 Å². The molecule has 0 unspecified atom stereocenters. The molecular formula is C16H24ClN3O2. The number of halogens is 1. The number of nitrogen functional groups attached to an aromatic ring is 1. The molecular weight excluding hydrogens is 302 g/mol. The van der Waals surface area contributed by atoms with E-state index >= 15 is 0 Å². The molecule has 1 aromatic carbocycles. The van der Waals surface area contributed by atoms with E-state index in [0.29, 0.717) is 28.6 Å². The SMILES string of the molecule is COc1cc(N)c(Cl)cc1C(=O)NCCC1(N)CCCCC1. The monoisotopic (exact) mass is 325 g/mol. The van der Waals surface area contributed by atoms with Crippen LogP contribution in [0.5, 0.6) is 5.75 Å². The van der Waals surface area contributed by atoms with Crippen LogP contribution in [0.4, 0.5) is 5.69 Å². The third kappa shape index (κ3) is 4.05. The summed E-state index contributed by atoms with van der Waals surface area (Å²) in [6.07, 6.45) is 6.44. The van der Waals surface area contributed by atoms with Gasteiger partial charge in [-0.2, -0.15) is 0 Å². The highest BCUT2D eigenvalue weighted by molar-refractivity contribution is 6.33. The lowest BCUT2D eigenvalue weighted by Gasteiger charge is -2.33. The van der Waals surface area contributed by atoms with E-state index < -0.39 is 0 Å². The Morgan fingerprint density at radius 3 is 2.68 bits per heavy atom. The first-order valence-corrected chi connectivity index (χ1v) is 8.03. The van der Waals surface area contributed by atoms with Gasteiger partial charge in [-0.25, -0.2) is 0 Å². The summed E-state index contributed by atoms with van der Waals surface area (Å²) in [5, 5.41) is 3.24. The van der Waals surface area contributed by atoms with E-state index in [1.807, 2.05) is 0 Å². The van der Waals surface area contributed by atoms with Crippen LogP contribution in [0.25, 0.3) is 0 Å². The predicted molar refractivity (Wildman–Crippen MR) is 89.4 cm³/mol. The van der Waals surface area contributed by atoms with E-state index in [2.05, 4.69) is 5.32 Å². The number of carbonyl (C=O) groups is 1. The number of carbonyl (C=O) groups excluding carboxylic acids is 1. The number of methoxy groups -OCH3 is 1. The molecule has 1 aliphatic rings. The predicted octanol–water partition coefficient (Wildman–Crippen LogP) is 2.71. The zero-order valence-corrected chi connectivity index (χ0v) is 13.7. The Kier molecular flexibility index (Phi) is 5.53. The molecule has 0 atom stereocenters. The normalized spacial score (nSPS) is 17.0. The summed E-state index contributed by atoms with van der Waals surface area (Å²) in [6.45, 7) is 0.542. The van der Waals surface area contributed by atoms with Gasteiger partial charge in [0.25, 0.3) is 5.91 Å². The minimum atomic E-state index is -0.224. The molecule has 0 aliphatic heterocycles. The van der Waals surface area contributed by atoms with Crippen molar-refractivity contribution < 1.29 is 9.53 Å². The molecule has 1 fully saturated rings. The highest BCUT2D eigenvalue weighted by Crippen LogP contribution is 2.30. The zero-order chi connectivity index (χ0) is 16.2. The van der Waals surface area contributed by atoms with Crippen LogP contribution >= 0.6 is 11.6 Å². The van der Waals surface area contributed by atoms with E-state index in [1.54, 1.807) is 6.07 Å². The Morgan fingerprint density at radius 2 is 2.05 bits per heavy atom. The minimum Gasteiger partial charge on any atom is -0.496 e. The summed E-state index contributed by atoms with van der Waals surface area (Å²) >= 11 is 5.98. The summed E-state index contributed by atoms with van der Waals surface area (Å²) < 4.78 is 5.19. The Balaban J connectivity index is 1.96. The average Bonchev–Trinajstić information content (AvgIpc) is 2.50. The molecule has 122 valence electrons. The van der Waals surface area contributed by atoms with Crippen molar-refractivity contribution in [3.63, 3.8) is 0 Å². The topological polar surface area (TPSA) is 90.4 Å². The van der Waals surface area contributed by atoms with E-state index in [4.69, 9.17) is 27.8 Å². The number of amides is 1. The zero-order valence-electron chi connectivity index (χ0n) is 13.0. The third-order valence-electron chi connectivity index (χ3n) is 4.32. The largest absolute Gasteiger partial charge is 0.496 e. The Hall–Kier alpha value is -1.46. The van der Waals surface area contributed by atoms with Crippen molar-refractivity contribution in [1.29, 1.82) is 0 Å². The van der Waals surface area contributed by atoms with Gasteiger partial charge in [0.1, 0.15) is 5.75 Å². The summed E-state index contributed by atoms with van der Waals surface area (Å²) in [5.74, 6) is 0.192. The van der Waals surface area contributed by atoms with Crippen molar-refractivity contribution in [1.82, 2.24) is 5.32 Å². The van der Waals surface area contributed by atoms with Crippen molar-refractivity contribution in [2.45, 2.75) is 44.1 Å². The fourth-order valence-corrected chi connectivity index (χ4v) is 3.11. The molecule has 0 saturated heterocycles. The number of nitrogens with one attached hydrogen (secondary N) is 1. The van der Waals surface area contributed by atoms with Crippen molar-refractivity contribution >= 4 is 23.2 Å². The summed E-state index contributed by atoms with van der Waals surface area (Å²) in [4.78, 5) is 12.3. The quantitative estimate of drug-likeness (QED) is 0.726. The van der Waals surface area contributed by atoms with Gasteiger partial charge in [0.05, 0.1) is 23.4 Å². The number of hydrogen-bond donors (Lipinski definition) is 3. The fourth-order valence-electron chi connectivity index (χ4n) is 2.94. The van der Waals surface area contributed by atoms with Gasteiger partial charge in [0.15, 0.2) is 0 Å². The molecule has 0 radical (unpaired) electrons. The highest BCUT2D eigenvalue weighted by atomic mass is 35.5. The summed E-state index contributed by atoms with van der Waals surface area (Å²) in [7, 11) is 1.50. The first-order chi connectivity index (χ1) is 10.4. The van der Waals surface area contributed by atoms with Crippen molar-refractivity contribution in [3.8, 4) is 5.75 Å². The van der Waals surface area contributed by atoms with Crippen LogP contribution < -0.4 is 21.5 Å². The minimum absolute atomic E-state index is 0.144. The van der Waals surface area contributed by atoms with Gasteiger partial charge in [0.2, 0.25) is 0 Å². The highest BCUT2D eigenvalue weighted by Gasteiger charge is 2.27. The van der Waals surface area contributed by atoms with E-state index in [9.17, 15) is 4.79 Å². The van der Waals surface area contributed by atoms with Crippen molar-refractivity contribution in [2.24, 2.45) is 5.73 Å². The Morgan fingerprint density at radius 1 is 1.36 bits per heavy atom. The van der Waals surface area contributed by atoms with Gasteiger partial charge in [0, 0.05) is 18.2 Å². The number of nitrogens with two attached hydrogens (primary N) is 2. The van der Waals surface area contributed by atoms with Crippen LogP contribution in [0, 0.1) is 0 Å². The molecule has 1 aliphatic carbocycles. The maximum atomic E-state index is 12.3. The summed E-state index contributed by atoms with van der Waals surface area (Å²) in [6, 6.07) is 3.09. The smallest absolute Gasteiger partial charge is 0.255 e. The van der Waals surface area contributed by atoms with Crippen LogP contribution in [-0.2, 0) is 0 Å². The fraction of sp³-hybridized carbons (Fsp3) is 0.562. The first-order valence-electron chi connectivity index (χ1n) is 7.65. The molecule has 0 spiro atoms. The van der Waals surface area contributed by atoms with Crippen LogP contribution in [0.3, 0.4) is 0 Å². The second-order valence-corrected chi connectivity index (χ2v) is 6.41. The molecule has 6 heteroatoms. The molecule has 2 rings (SSSR count). The molecule has 0 heterocycles. The number of ether oxygens (including phenoxy) is 1. The summed E-state index contributed by atoms with van der Waals surface area (Å²) in [5.41, 5.74) is 12.7. The van der Waals surface area contributed by atoms with Gasteiger partial charge in [-0.15, -0.1) is 0 Å². The number of rotatable bonds is 5. The van der Waals surface area contributed by atoms with E-state index in [1.165, 1.54) is 32.4 Å². The maximum Gasteiger partial charge on any atom is 0.255 e. The molecule has 0 aromatic heterocycles. The molecule has 0 bridgehead atoms. The number of hydrogen-bond acceptors (Lipinski definition) is 4. The Bertz CT molecular complexity index is 542. The molecule has 1 aromatic rings. The van der Waals surface area contributed by atoms with Gasteiger partial charge in [-0.05, 0) is 25.3 Å². The van der Waals surface area contributed by atoms with E-state index in [-0.39, 0.29) is 11.4 Å². The van der Waals surface area contributed by atoms with Crippen LogP contribution in [0.1, 0.15) is 48.9 Å². The maximum absolute atomic E-state index is 12.3. The first kappa shape index (κ1) is 16.9. The van der Waals surface area contributed by atoms with Crippen LogP contribution in [-0.4, -0.2) is 25.1 Å². The van der Waals surface area contributed by atoms with Gasteiger partial charge < -0.3 is 21.5 Å². The lowest BCUT2D eigenvalue weighted by Crippen LogP contribution is -2.44. The lowest BCUT2D eigenvalue weighted by molar-refractivity contribution is 0.0946. The molecule has 5 N–H and O–H groups in total. The molecule has 1 saturated carbocycles. The molecule has 5 nitrogen and oxygen atoms in total. The van der Waals surface area contributed by atoms with Crippen LogP contribution in [0.2, 0.25) is 5.02 Å². The Labute approximate surface area is 136 Å². The number of benzene rings is 1. The van der Waals surface area contributed by atoms with Gasteiger partial charge >= 0.3 is 0 Å². The average molecular weight is 326 g/mol. The molecule has 22 heavy (non-hydrogen) atoms. The standard InChI is InChI=1S/C16H24ClN3O2/c1-22-14-10-13(18)12(17)9-11(14)15(21)20-8-7-16(19)5-3-2-4-6-16/h9-10H,2-8,18-19H2,1H3,(H,20,21). The van der Waals surface area contributed by atoms with E-state index in [0.717, 1.165) is 19.3 Å². The van der Waals surface area contributed by atoms with Crippen molar-refractivity contribution in [3.05, 3.63) is 22.7 Å². The second-order valence-electron chi connectivity index (χ2n) is 6.00. The van der Waals surface area contributed by atoms with Crippen molar-refractivity contribution in [2.75, 3.05) is 19.4 Å². The second kappa shape index (κ2) is 7.20. The lowest BCUT2D eigenvalue weighted by atomic mass is 9.80.